The number of para-hydroxylation sites is 2. The van der Waals surface area contributed by atoms with Crippen LogP contribution in [0.4, 0.5) is 17.1 Å². The first kappa shape index (κ1) is 29.1. The molecule has 236 valence electrons. The second-order valence-corrected chi connectivity index (χ2v) is 16.8. The van der Waals surface area contributed by atoms with E-state index in [1.54, 1.807) is 0 Å². The van der Waals surface area contributed by atoms with Crippen molar-refractivity contribution < 1.29 is 9.47 Å². The quantitative estimate of drug-likeness (QED) is 0.239. The Kier molecular flexibility index (Phi) is 6.35. The molecule has 3 aliphatic heterocycles. The fraction of sp³-hybridized carbons (Fsp3) is 0. The van der Waals surface area contributed by atoms with Gasteiger partial charge in [-0.05, 0) is 68.1 Å². The topological polar surface area (TPSA) is 69.3 Å². The van der Waals surface area contributed by atoms with Crippen molar-refractivity contribution in [1.82, 2.24) is 0 Å². The Morgan fingerprint density at radius 3 is 1.41 bits per heavy atom. The van der Waals surface area contributed by atoms with E-state index in [0.717, 1.165) is 33.5 Å². The first-order valence-electron chi connectivity index (χ1n) is 16.9. The Hall–Kier alpha value is -6.80. The summed E-state index contributed by atoms with van der Waals surface area (Å²) >= 11 is 0. The fourth-order valence-electron chi connectivity index (χ4n) is 8.44. The van der Waals surface area contributed by atoms with Gasteiger partial charge in [0.1, 0.15) is 23.0 Å². The smallest absolute Gasteiger partial charge is 0.260 e. The second-order valence-electron chi connectivity index (χ2n) is 13.1. The lowest BCUT2D eigenvalue weighted by molar-refractivity contribution is 0.464. The monoisotopic (exact) mass is 667 g/mol. The molecule has 3 aliphatic rings. The maximum atomic E-state index is 9.78. The number of fused-ring (bicyclic) bond motifs is 6. The van der Waals surface area contributed by atoms with Gasteiger partial charge in [-0.15, -0.1) is 0 Å². The first-order chi connectivity index (χ1) is 25.2. The molecule has 10 rings (SSSR count). The van der Waals surface area contributed by atoms with E-state index in [9.17, 15) is 10.5 Å². The molecule has 0 saturated heterocycles. The van der Waals surface area contributed by atoms with E-state index < -0.39 is 8.07 Å². The molecular weight excluding hydrogens is 641 g/mol. The summed E-state index contributed by atoms with van der Waals surface area (Å²) in [6, 6.07) is 59.5. The highest BCUT2D eigenvalue weighted by atomic mass is 28.3. The van der Waals surface area contributed by atoms with Crippen molar-refractivity contribution in [3.8, 4) is 35.1 Å². The van der Waals surface area contributed by atoms with Crippen molar-refractivity contribution in [1.29, 1.82) is 10.5 Å². The van der Waals surface area contributed by atoms with E-state index in [-0.39, 0.29) is 6.71 Å². The van der Waals surface area contributed by atoms with Gasteiger partial charge in [0.15, 0.2) is 8.07 Å². The maximum Gasteiger partial charge on any atom is 0.260 e. The number of ether oxygens (including phenoxy) is 2. The first-order valence-corrected chi connectivity index (χ1v) is 18.9. The highest BCUT2D eigenvalue weighted by Crippen LogP contribution is 2.44. The summed E-state index contributed by atoms with van der Waals surface area (Å²) in [4.78, 5) is 2.34. The number of hydrogen-bond donors (Lipinski definition) is 0. The number of nitrogens with zero attached hydrogens (tertiary/aromatic N) is 3. The molecule has 3 heterocycles. The zero-order valence-corrected chi connectivity index (χ0v) is 28.2. The molecule has 51 heavy (non-hydrogen) atoms. The molecule has 0 unspecified atom stereocenters. The molecule has 7 aromatic carbocycles. The Morgan fingerprint density at radius 2 is 0.941 bits per heavy atom. The SMILES string of the molecule is N#Cc1ccc2c(c1)Oc1cc(N3c4ccccc4[Si](c4ccccc4)(c4ccccc4)c4ccccc43)cc3c1B2c1ccc(C#N)cc1O3. The van der Waals surface area contributed by atoms with E-state index in [1.807, 2.05) is 36.4 Å². The van der Waals surface area contributed by atoms with Gasteiger partial charge < -0.3 is 14.4 Å². The Morgan fingerprint density at radius 1 is 0.490 bits per heavy atom. The van der Waals surface area contributed by atoms with Crippen LogP contribution in [0.1, 0.15) is 11.1 Å². The lowest BCUT2D eigenvalue weighted by Crippen LogP contribution is -2.77. The van der Waals surface area contributed by atoms with Crippen LogP contribution < -0.4 is 51.5 Å². The standard InChI is InChI=1S/C44H26BN3O2Si/c46-27-29-19-21-34-38(23-29)49-40-25-31(26-41-44(40)45(34)35-22-20-30(28-47)24-39(35)50-41)48-36-15-7-9-17-42(36)51(32-11-3-1-4-12-32,33-13-5-2-6-14-33)43-18-10-8-16-37(43)48/h1-26H. The van der Waals surface area contributed by atoms with E-state index in [1.165, 1.54) is 20.7 Å². The third-order valence-electron chi connectivity index (χ3n) is 10.5. The minimum absolute atomic E-state index is 0.186. The van der Waals surface area contributed by atoms with E-state index >= 15 is 0 Å². The maximum absolute atomic E-state index is 9.78. The van der Waals surface area contributed by atoms with Crippen LogP contribution in [0.15, 0.2) is 158 Å². The Balaban J connectivity index is 1.24. The molecule has 0 saturated carbocycles. The van der Waals surface area contributed by atoms with Crippen LogP contribution in [-0.4, -0.2) is 14.8 Å². The van der Waals surface area contributed by atoms with Gasteiger partial charge in [-0.3, -0.25) is 0 Å². The van der Waals surface area contributed by atoms with E-state index in [0.29, 0.717) is 34.1 Å². The molecule has 0 bridgehead atoms. The highest BCUT2D eigenvalue weighted by Gasteiger charge is 2.49. The van der Waals surface area contributed by atoms with E-state index in [2.05, 4.69) is 138 Å². The molecule has 7 aromatic rings. The van der Waals surface area contributed by atoms with Crippen molar-refractivity contribution in [2.45, 2.75) is 0 Å². The molecule has 0 atom stereocenters. The molecule has 5 nitrogen and oxygen atoms in total. The molecule has 0 spiro atoms. The van der Waals surface area contributed by atoms with Crippen molar-refractivity contribution >= 4 is 69.0 Å². The number of hydrogen-bond acceptors (Lipinski definition) is 5. The summed E-state index contributed by atoms with van der Waals surface area (Å²) in [7, 11) is -2.78. The second kappa shape index (κ2) is 11.1. The van der Waals surface area contributed by atoms with Crippen LogP contribution in [0.5, 0.6) is 23.0 Å². The summed E-state index contributed by atoms with van der Waals surface area (Å²) in [5.41, 5.74) is 7.01. The average molecular weight is 668 g/mol. The van der Waals surface area contributed by atoms with Gasteiger partial charge >= 0.3 is 0 Å². The van der Waals surface area contributed by atoms with Crippen LogP contribution in [0.3, 0.4) is 0 Å². The van der Waals surface area contributed by atoms with Crippen molar-refractivity contribution in [3.63, 3.8) is 0 Å². The number of rotatable bonds is 3. The molecule has 0 aliphatic carbocycles. The third kappa shape index (κ3) is 4.13. The minimum atomic E-state index is -2.78. The van der Waals surface area contributed by atoms with Crippen LogP contribution >= 0.6 is 0 Å². The van der Waals surface area contributed by atoms with Crippen molar-refractivity contribution in [2.75, 3.05) is 4.90 Å². The fourth-order valence-corrected chi connectivity index (χ4v) is 13.5. The average Bonchev–Trinajstić information content (AvgIpc) is 3.19. The predicted molar refractivity (Wildman–Crippen MR) is 205 cm³/mol. The van der Waals surface area contributed by atoms with Crippen molar-refractivity contribution in [3.05, 3.63) is 169 Å². The molecule has 0 fully saturated rings. The Bertz CT molecular complexity index is 2470. The van der Waals surface area contributed by atoms with Gasteiger partial charge in [-0.2, -0.15) is 10.5 Å². The minimum Gasteiger partial charge on any atom is -0.458 e. The van der Waals surface area contributed by atoms with Gasteiger partial charge in [0.2, 0.25) is 0 Å². The van der Waals surface area contributed by atoms with Crippen LogP contribution in [0.2, 0.25) is 0 Å². The zero-order valence-electron chi connectivity index (χ0n) is 27.2. The van der Waals surface area contributed by atoms with Gasteiger partial charge in [-0.25, -0.2) is 0 Å². The summed E-state index contributed by atoms with van der Waals surface area (Å²) < 4.78 is 13.4. The Labute approximate surface area is 296 Å². The van der Waals surface area contributed by atoms with Gasteiger partial charge in [0.25, 0.3) is 6.71 Å². The summed E-state index contributed by atoms with van der Waals surface area (Å²) in [6.07, 6.45) is 0. The van der Waals surface area contributed by atoms with Crippen LogP contribution in [0.25, 0.3) is 0 Å². The van der Waals surface area contributed by atoms with Crippen LogP contribution in [0, 0.1) is 22.7 Å². The highest BCUT2D eigenvalue weighted by molar-refractivity contribution is 7.21. The van der Waals surface area contributed by atoms with Gasteiger partial charge in [-0.1, -0.05) is 109 Å². The van der Waals surface area contributed by atoms with E-state index in [4.69, 9.17) is 9.47 Å². The summed E-state index contributed by atoms with van der Waals surface area (Å²) in [5.74, 6) is 2.65. The molecule has 0 aromatic heterocycles. The largest absolute Gasteiger partial charge is 0.458 e. The third-order valence-corrected chi connectivity index (χ3v) is 15.4. The van der Waals surface area contributed by atoms with Crippen LogP contribution in [-0.2, 0) is 0 Å². The van der Waals surface area contributed by atoms with Gasteiger partial charge in [0, 0.05) is 29.0 Å². The normalized spacial score (nSPS) is 13.8. The zero-order chi connectivity index (χ0) is 34.1. The molecule has 0 radical (unpaired) electrons. The molecule has 0 amide bonds. The summed E-state index contributed by atoms with van der Waals surface area (Å²) in [6.45, 7) is -0.186. The number of benzene rings is 7. The lowest BCUT2D eigenvalue weighted by Gasteiger charge is -2.45. The number of nitriles is 2. The summed E-state index contributed by atoms with van der Waals surface area (Å²) in [5, 5.41) is 24.8. The number of anilines is 3. The predicted octanol–water partition coefficient (Wildman–Crippen LogP) is 5.32. The molecule has 0 N–H and O–H groups in total. The molecule has 7 heteroatoms. The van der Waals surface area contributed by atoms with Crippen molar-refractivity contribution in [2.24, 2.45) is 0 Å². The van der Waals surface area contributed by atoms with Gasteiger partial charge in [0.05, 0.1) is 29.0 Å². The molecular formula is C44H26BN3O2Si. The lowest BCUT2D eigenvalue weighted by atomic mass is 9.35.